The molecular formula is C45H70O16. The van der Waals surface area contributed by atoms with E-state index in [2.05, 4.69) is 33.4 Å². The van der Waals surface area contributed by atoms with Gasteiger partial charge in [-0.1, -0.05) is 44.6 Å². The van der Waals surface area contributed by atoms with Crippen LogP contribution in [0.4, 0.5) is 0 Å². The van der Waals surface area contributed by atoms with Crippen LogP contribution in [0.15, 0.2) is 23.8 Å². The zero-order valence-electron chi connectivity index (χ0n) is 36.3. The molecule has 0 aromatic rings. The molecule has 9 rings (SSSR count). The van der Waals surface area contributed by atoms with Crippen molar-refractivity contribution in [2.75, 3.05) is 6.61 Å². The summed E-state index contributed by atoms with van der Waals surface area (Å²) >= 11 is 0. The van der Waals surface area contributed by atoms with Crippen molar-refractivity contribution in [1.29, 1.82) is 0 Å². The SMILES string of the molecule is C=C1CC[C@@]2(OC1)O[C@H]1C[C@@H]3[C@H]4CC=C5C[C@@H](O[C@@H]6O[C@@H](C)[C@H](O)[C@@H](O)[C@H]6O)C[C@@H](O[C@@H]6O[C@H](C)[C@H](O)[C@H](O)[C@H]6O[C@@H]6O[C@@H](C)[C@H](O)[C@@H](O)[C@H]6O)[C@]5(C)[C@@H]4CC[C@]3(C)[C@H]1[C@@H]2C. The van der Waals surface area contributed by atoms with E-state index in [1.807, 2.05) is 0 Å². The second-order valence-electron chi connectivity index (χ2n) is 20.7. The first kappa shape index (κ1) is 45.0. The highest BCUT2D eigenvalue weighted by Crippen LogP contribution is 2.71. The smallest absolute Gasteiger partial charge is 0.187 e. The van der Waals surface area contributed by atoms with Crippen molar-refractivity contribution in [2.45, 2.75) is 209 Å². The van der Waals surface area contributed by atoms with Gasteiger partial charge >= 0.3 is 0 Å². The van der Waals surface area contributed by atoms with Crippen LogP contribution in [-0.4, -0.2) is 164 Å². The van der Waals surface area contributed by atoms with E-state index in [0.717, 1.165) is 49.7 Å². The van der Waals surface area contributed by atoms with Crippen LogP contribution in [0.2, 0.25) is 0 Å². The molecule has 0 bridgehead atoms. The lowest BCUT2D eigenvalue weighted by Crippen LogP contribution is -2.65. The minimum Gasteiger partial charge on any atom is -0.388 e. The first-order valence-electron chi connectivity index (χ1n) is 22.8. The fraction of sp³-hybridized carbons (Fsp3) is 0.911. The topological polar surface area (TPSA) is 236 Å². The third kappa shape index (κ3) is 7.17. The monoisotopic (exact) mass is 866 g/mol. The standard InChI is InChI=1S/C45H70O16/c1-18-10-13-45(54-17-18)19(2)30-28(61-45)16-27-25-9-8-23-14-24(58-40-37(52)34(49)31(46)20(3)55-40)15-29(44(23,7)26(25)11-12-43(27,30)6)59-42-39(36(51)33(48)22(5)57-42)60-41-38(53)35(50)32(47)21(4)56-41/h8,19-22,24-42,46-53H,1,9-17H2,2-7H3/t19-,20-,21-,22+,24+,25-,26+,27+,28-,29+,30-,31-,32-,33-,34+,35+,36-,37+,38+,39+,40-,41-,42-,43-,44-,45+/m0/s1. The Morgan fingerprint density at radius 2 is 1.30 bits per heavy atom. The lowest BCUT2D eigenvalue weighted by atomic mass is 9.46. The van der Waals surface area contributed by atoms with E-state index in [0.29, 0.717) is 37.2 Å². The molecule has 9 aliphatic rings. The maximum absolute atomic E-state index is 11.6. The molecule has 0 amide bonds. The van der Waals surface area contributed by atoms with Crippen LogP contribution in [0, 0.1) is 40.4 Å². The molecule has 8 fully saturated rings. The largest absolute Gasteiger partial charge is 0.388 e. The van der Waals surface area contributed by atoms with Gasteiger partial charge in [-0.15, -0.1) is 0 Å². The Kier molecular flexibility index (Phi) is 12.0. The van der Waals surface area contributed by atoms with Crippen LogP contribution in [0.1, 0.15) is 92.9 Å². The highest BCUT2D eigenvalue weighted by Gasteiger charge is 2.70. The first-order chi connectivity index (χ1) is 28.8. The Morgan fingerprint density at radius 1 is 0.689 bits per heavy atom. The molecule has 16 nitrogen and oxygen atoms in total. The van der Waals surface area contributed by atoms with Gasteiger partial charge in [0.1, 0.15) is 54.9 Å². The van der Waals surface area contributed by atoms with Gasteiger partial charge in [0.15, 0.2) is 24.7 Å². The van der Waals surface area contributed by atoms with Crippen LogP contribution in [-0.2, 0) is 37.9 Å². The average Bonchev–Trinajstić information content (AvgIpc) is 3.67. The van der Waals surface area contributed by atoms with E-state index in [9.17, 15) is 40.9 Å². The quantitative estimate of drug-likeness (QED) is 0.175. The number of hydrogen-bond acceptors (Lipinski definition) is 16. The zero-order valence-corrected chi connectivity index (χ0v) is 36.3. The summed E-state index contributed by atoms with van der Waals surface area (Å²) in [7, 11) is 0. The third-order valence-electron chi connectivity index (χ3n) is 17.5. The summed E-state index contributed by atoms with van der Waals surface area (Å²) in [5.74, 6) is 0.839. The molecule has 3 saturated carbocycles. The summed E-state index contributed by atoms with van der Waals surface area (Å²) in [6.45, 7) is 16.5. The number of fused-ring (bicyclic) bond motifs is 7. The Balaban J connectivity index is 1.02. The second kappa shape index (κ2) is 16.3. The normalized spacial score (nSPS) is 58.4. The average molecular weight is 867 g/mol. The van der Waals surface area contributed by atoms with Crippen molar-refractivity contribution in [3.05, 3.63) is 23.8 Å². The van der Waals surface area contributed by atoms with Crippen LogP contribution >= 0.6 is 0 Å². The molecule has 0 radical (unpaired) electrons. The molecule has 5 aliphatic heterocycles. The van der Waals surface area contributed by atoms with Gasteiger partial charge < -0.3 is 78.7 Å². The Bertz CT molecular complexity index is 1650. The predicted molar refractivity (Wildman–Crippen MR) is 213 cm³/mol. The van der Waals surface area contributed by atoms with Crippen molar-refractivity contribution < 1.29 is 78.7 Å². The number of ether oxygens (including phenoxy) is 8. The van der Waals surface area contributed by atoms with Gasteiger partial charge in [0.2, 0.25) is 0 Å². The second-order valence-corrected chi connectivity index (χ2v) is 20.7. The lowest BCUT2D eigenvalue weighted by molar-refractivity contribution is -0.373. The van der Waals surface area contributed by atoms with Gasteiger partial charge in [0, 0.05) is 24.2 Å². The number of aliphatic hydroxyl groups excluding tert-OH is 8. The van der Waals surface area contributed by atoms with Crippen LogP contribution in [0.5, 0.6) is 0 Å². The van der Waals surface area contributed by atoms with Crippen molar-refractivity contribution >= 4 is 0 Å². The summed E-state index contributed by atoms with van der Waals surface area (Å²) in [4.78, 5) is 0. The van der Waals surface area contributed by atoms with Crippen molar-refractivity contribution in [1.82, 2.24) is 0 Å². The highest BCUT2D eigenvalue weighted by molar-refractivity contribution is 5.29. The van der Waals surface area contributed by atoms with Crippen LogP contribution in [0.25, 0.3) is 0 Å². The number of rotatable bonds is 6. The molecule has 26 atom stereocenters. The summed E-state index contributed by atoms with van der Waals surface area (Å²) < 4.78 is 51.2. The Labute approximate surface area is 358 Å². The summed E-state index contributed by atoms with van der Waals surface area (Å²) in [5.41, 5.74) is 1.68. The zero-order chi connectivity index (χ0) is 43.7. The highest BCUT2D eigenvalue weighted by atomic mass is 16.8. The third-order valence-corrected chi connectivity index (χ3v) is 17.5. The number of aliphatic hydroxyl groups is 8. The Morgan fingerprint density at radius 3 is 1.92 bits per heavy atom. The summed E-state index contributed by atoms with van der Waals surface area (Å²) in [5, 5.41) is 86.5. The van der Waals surface area contributed by atoms with E-state index in [1.165, 1.54) is 6.92 Å². The molecule has 0 unspecified atom stereocenters. The fourth-order valence-electron chi connectivity index (χ4n) is 13.8. The molecule has 61 heavy (non-hydrogen) atoms. The number of hydrogen-bond donors (Lipinski definition) is 8. The summed E-state index contributed by atoms with van der Waals surface area (Å²) in [6.07, 6.45) is -12.4. The minimum absolute atomic E-state index is 0.0265. The van der Waals surface area contributed by atoms with Gasteiger partial charge in [-0.25, -0.2) is 0 Å². The molecule has 0 aromatic heterocycles. The van der Waals surface area contributed by atoms with Gasteiger partial charge in [-0.2, -0.15) is 0 Å². The van der Waals surface area contributed by atoms with E-state index >= 15 is 0 Å². The van der Waals surface area contributed by atoms with Gasteiger partial charge in [-0.3, -0.25) is 0 Å². The molecule has 4 aliphatic carbocycles. The van der Waals surface area contributed by atoms with Gasteiger partial charge in [0.05, 0.1) is 43.2 Å². The van der Waals surface area contributed by atoms with Crippen molar-refractivity contribution in [3.8, 4) is 0 Å². The van der Waals surface area contributed by atoms with E-state index in [-0.39, 0.29) is 23.4 Å². The molecule has 8 N–H and O–H groups in total. The predicted octanol–water partition coefficient (Wildman–Crippen LogP) is 1.16. The minimum atomic E-state index is -1.68. The molecule has 346 valence electrons. The maximum Gasteiger partial charge on any atom is 0.187 e. The van der Waals surface area contributed by atoms with E-state index < -0.39 is 116 Å². The summed E-state index contributed by atoms with van der Waals surface area (Å²) in [6, 6.07) is 0. The Hall–Kier alpha value is -1.16. The molecule has 5 saturated heterocycles. The van der Waals surface area contributed by atoms with Crippen LogP contribution in [0.3, 0.4) is 0 Å². The molecular weight excluding hydrogens is 796 g/mol. The first-order valence-corrected chi connectivity index (χ1v) is 22.8. The fourth-order valence-corrected chi connectivity index (χ4v) is 13.8. The van der Waals surface area contributed by atoms with Crippen molar-refractivity contribution in [3.63, 3.8) is 0 Å². The lowest BCUT2D eigenvalue weighted by Gasteiger charge is -2.61. The van der Waals surface area contributed by atoms with Gasteiger partial charge in [0.25, 0.3) is 0 Å². The maximum atomic E-state index is 11.6. The van der Waals surface area contributed by atoms with Crippen molar-refractivity contribution in [2.24, 2.45) is 40.4 Å². The molecule has 0 aromatic carbocycles. The number of allylic oxidation sites excluding steroid dienone is 1. The van der Waals surface area contributed by atoms with Gasteiger partial charge in [-0.05, 0) is 88.4 Å². The molecule has 1 spiro atoms. The van der Waals surface area contributed by atoms with E-state index in [1.54, 1.807) is 13.8 Å². The molecule has 5 heterocycles. The van der Waals surface area contributed by atoms with E-state index in [4.69, 9.17) is 37.9 Å². The molecule has 16 heteroatoms. The van der Waals surface area contributed by atoms with Crippen LogP contribution < -0.4 is 0 Å².